The smallest absolute Gasteiger partial charge is 0.407 e. The fourth-order valence-electron chi connectivity index (χ4n) is 4.63. The van der Waals surface area contributed by atoms with Gasteiger partial charge < -0.3 is 10.1 Å². The molecule has 24 heavy (non-hydrogen) atoms. The zero-order chi connectivity index (χ0) is 16.9. The van der Waals surface area contributed by atoms with Gasteiger partial charge in [0.1, 0.15) is 6.10 Å². The Morgan fingerprint density at radius 3 is 2.75 bits per heavy atom. The molecule has 4 aliphatic rings. The number of nitrogens with one attached hydrogen (secondary N) is 1. The number of benzene rings is 1. The third-order valence-electron chi connectivity index (χ3n) is 5.96. The summed E-state index contributed by atoms with van der Waals surface area (Å²) >= 11 is 3.54. The topological polar surface area (TPSA) is 41.6 Å². The predicted octanol–water partition coefficient (Wildman–Crippen LogP) is 3.89. The first-order valence-electron chi connectivity index (χ1n) is 8.90. The zero-order valence-electron chi connectivity index (χ0n) is 14.3. The standard InChI is InChI=1S/C19H25BrN2O2/c1-19(2)10-13-9-14(20)3-4-15(13)17(19)21-18(23)24-16-11-22-7-5-12(16)6-8-22/h3-4,9,12,16-17H,5-8,10-11H2,1-2H3,(H,21,23)/t16-,17+/m1/s1. The lowest BCUT2D eigenvalue weighted by molar-refractivity contribution is -0.0348. The van der Waals surface area contributed by atoms with Gasteiger partial charge in [0.15, 0.2) is 0 Å². The van der Waals surface area contributed by atoms with Gasteiger partial charge in [-0.2, -0.15) is 0 Å². The number of carbonyl (C=O) groups excluding carboxylic acids is 1. The molecule has 5 rings (SSSR count). The molecule has 0 spiro atoms. The van der Waals surface area contributed by atoms with Crippen molar-refractivity contribution < 1.29 is 9.53 Å². The predicted molar refractivity (Wildman–Crippen MR) is 96.9 cm³/mol. The van der Waals surface area contributed by atoms with Gasteiger partial charge in [0, 0.05) is 11.0 Å². The molecule has 1 aromatic rings. The second kappa shape index (κ2) is 6.03. The van der Waals surface area contributed by atoms with Gasteiger partial charge in [0.25, 0.3) is 0 Å². The Hall–Kier alpha value is -1.07. The van der Waals surface area contributed by atoms with Crippen LogP contribution in [-0.2, 0) is 11.2 Å². The minimum Gasteiger partial charge on any atom is -0.445 e. The lowest BCUT2D eigenvalue weighted by atomic mass is 9.85. The number of alkyl carbamates (subject to hydrolysis) is 1. The van der Waals surface area contributed by atoms with Crippen LogP contribution in [0.15, 0.2) is 22.7 Å². The number of hydrogen-bond donors (Lipinski definition) is 1. The third kappa shape index (κ3) is 2.97. The Bertz CT molecular complexity index is 653. The largest absolute Gasteiger partial charge is 0.445 e. The molecule has 2 atom stereocenters. The third-order valence-corrected chi connectivity index (χ3v) is 6.45. The van der Waals surface area contributed by atoms with Gasteiger partial charge in [0.05, 0.1) is 6.04 Å². The van der Waals surface area contributed by atoms with Crippen LogP contribution in [0.25, 0.3) is 0 Å². The zero-order valence-corrected chi connectivity index (χ0v) is 15.9. The molecule has 3 heterocycles. The van der Waals surface area contributed by atoms with E-state index in [0.717, 1.165) is 43.4 Å². The number of nitrogens with zero attached hydrogens (tertiary/aromatic N) is 1. The maximum absolute atomic E-state index is 12.5. The molecule has 130 valence electrons. The van der Waals surface area contributed by atoms with Gasteiger partial charge in [-0.1, -0.05) is 35.8 Å². The number of fused-ring (bicyclic) bond motifs is 4. The number of piperidine rings is 3. The van der Waals surface area contributed by atoms with E-state index in [9.17, 15) is 4.79 Å². The van der Waals surface area contributed by atoms with E-state index in [-0.39, 0.29) is 23.7 Å². The number of amides is 1. The van der Waals surface area contributed by atoms with Gasteiger partial charge in [-0.15, -0.1) is 0 Å². The molecule has 1 aliphatic carbocycles. The first kappa shape index (κ1) is 16.4. The second-order valence-corrected chi connectivity index (χ2v) is 9.08. The summed E-state index contributed by atoms with van der Waals surface area (Å²) in [7, 11) is 0. The van der Waals surface area contributed by atoms with E-state index in [1.165, 1.54) is 11.1 Å². The number of hydrogen-bond acceptors (Lipinski definition) is 3. The fraction of sp³-hybridized carbons (Fsp3) is 0.632. The Balaban J connectivity index is 1.45. The fourth-order valence-corrected chi connectivity index (χ4v) is 5.04. The molecule has 0 unspecified atom stereocenters. The van der Waals surface area contributed by atoms with E-state index in [0.29, 0.717) is 5.92 Å². The maximum atomic E-state index is 12.5. The summed E-state index contributed by atoms with van der Waals surface area (Å²) in [6.07, 6.45) is 3.07. The normalized spacial score (nSPS) is 33.1. The van der Waals surface area contributed by atoms with Gasteiger partial charge in [-0.3, -0.25) is 4.90 Å². The van der Waals surface area contributed by atoms with Crippen molar-refractivity contribution in [3.63, 3.8) is 0 Å². The van der Waals surface area contributed by atoms with E-state index in [4.69, 9.17) is 4.74 Å². The molecule has 3 saturated heterocycles. The Morgan fingerprint density at radius 2 is 2.08 bits per heavy atom. The highest BCUT2D eigenvalue weighted by Crippen LogP contribution is 2.46. The number of halogens is 1. The van der Waals surface area contributed by atoms with Crippen LogP contribution < -0.4 is 5.32 Å². The molecular weight excluding hydrogens is 368 g/mol. The van der Waals surface area contributed by atoms with Crippen LogP contribution in [0.2, 0.25) is 0 Å². The van der Waals surface area contributed by atoms with Gasteiger partial charge in [0.2, 0.25) is 0 Å². The SMILES string of the molecule is CC1(C)Cc2cc(Br)ccc2[C@@H]1NC(=O)O[C@@H]1CN2CCC1CC2. The van der Waals surface area contributed by atoms with Crippen LogP contribution in [0, 0.1) is 11.3 Å². The highest BCUT2D eigenvalue weighted by molar-refractivity contribution is 9.10. The summed E-state index contributed by atoms with van der Waals surface area (Å²) < 4.78 is 6.91. The maximum Gasteiger partial charge on any atom is 0.407 e. The van der Waals surface area contributed by atoms with Crippen molar-refractivity contribution >= 4 is 22.0 Å². The molecule has 3 aliphatic heterocycles. The van der Waals surface area contributed by atoms with Crippen molar-refractivity contribution in [3.8, 4) is 0 Å². The summed E-state index contributed by atoms with van der Waals surface area (Å²) in [4.78, 5) is 15.0. The molecule has 1 N–H and O–H groups in total. The Morgan fingerprint density at radius 1 is 1.33 bits per heavy atom. The molecule has 2 bridgehead atoms. The number of ether oxygens (including phenoxy) is 1. The monoisotopic (exact) mass is 392 g/mol. The minimum atomic E-state index is -0.261. The summed E-state index contributed by atoms with van der Waals surface area (Å²) in [6, 6.07) is 6.34. The molecule has 1 amide bonds. The molecule has 5 heteroatoms. The van der Waals surface area contributed by atoms with Gasteiger partial charge in [-0.25, -0.2) is 4.79 Å². The van der Waals surface area contributed by atoms with Crippen LogP contribution in [-0.4, -0.2) is 36.7 Å². The van der Waals surface area contributed by atoms with E-state index in [1.54, 1.807) is 0 Å². The molecule has 0 radical (unpaired) electrons. The number of rotatable bonds is 2. The average Bonchev–Trinajstić information content (AvgIpc) is 2.78. The van der Waals surface area contributed by atoms with Crippen molar-refractivity contribution in [1.82, 2.24) is 10.2 Å². The Labute approximate surface area is 152 Å². The van der Waals surface area contributed by atoms with E-state index in [1.807, 2.05) is 6.07 Å². The highest BCUT2D eigenvalue weighted by Gasteiger charge is 2.41. The van der Waals surface area contributed by atoms with E-state index < -0.39 is 0 Å². The van der Waals surface area contributed by atoms with Crippen molar-refractivity contribution in [3.05, 3.63) is 33.8 Å². The molecule has 1 aromatic carbocycles. The Kier molecular flexibility index (Phi) is 4.12. The van der Waals surface area contributed by atoms with E-state index in [2.05, 4.69) is 52.1 Å². The molecule has 4 nitrogen and oxygen atoms in total. The van der Waals surface area contributed by atoms with E-state index >= 15 is 0 Å². The first-order valence-corrected chi connectivity index (χ1v) is 9.69. The summed E-state index contributed by atoms with van der Waals surface area (Å²) in [5.74, 6) is 0.542. The van der Waals surface area contributed by atoms with Crippen molar-refractivity contribution in [2.45, 2.75) is 45.3 Å². The molecular formula is C19H25BrN2O2. The van der Waals surface area contributed by atoms with Gasteiger partial charge in [-0.05, 0) is 66.9 Å². The van der Waals surface area contributed by atoms with Crippen LogP contribution in [0.1, 0.15) is 43.9 Å². The van der Waals surface area contributed by atoms with Crippen molar-refractivity contribution in [2.75, 3.05) is 19.6 Å². The van der Waals surface area contributed by atoms with Crippen LogP contribution in [0.5, 0.6) is 0 Å². The molecule has 0 aromatic heterocycles. The first-order chi connectivity index (χ1) is 11.4. The quantitative estimate of drug-likeness (QED) is 0.829. The van der Waals surface area contributed by atoms with Crippen molar-refractivity contribution in [1.29, 1.82) is 0 Å². The van der Waals surface area contributed by atoms with Crippen LogP contribution in [0.4, 0.5) is 4.79 Å². The minimum absolute atomic E-state index is 0.00276. The van der Waals surface area contributed by atoms with Gasteiger partial charge >= 0.3 is 6.09 Å². The number of carbonyl (C=O) groups is 1. The highest BCUT2D eigenvalue weighted by atomic mass is 79.9. The van der Waals surface area contributed by atoms with Crippen molar-refractivity contribution in [2.24, 2.45) is 11.3 Å². The molecule has 3 fully saturated rings. The second-order valence-electron chi connectivity index (χ2n) is 8.17. The van der Waals surface area contributed by atoms with Crippen LogP contribution >= 0.6 is 15.9 Å². The lowest BCUT2D eigenvalue weighted by Gasteiger charge is -2.44. The summed E-state index contributed by atoms with van der Waals surface area (Å²) in [5, 5.41) is 3.16. The van der Waals surface area contributed by atoms with Crippen LogP contribution in [0.3, 0.4) is 0 Å². The summed E-state index contributed by atoms with van der Waals surface area (Å²) in [5.41, 5.74) is 2.52. The summed E-state index contributed by atoms with van der Waals surface area (Å²) in [6.45, 7) is 7.63. The lowest BCUT2D eigenvalue weighted by Crippen LogP contribution is -2.53. The average molecular weight is 393 g/mol. The molecule has 0 saturated carbocycles.